The van der Waals surface area contributed by atoms with Gasteiger partial charge < -0.3 is 15.3 Å². The Morgan fingerprint density at radius 2 is 1.92 bits per heavy atom. The fourth-order valence-corrected chi connectivity index (χ4v) is 2.61. The lowest BCUT2D eigenvalue weighted by Gasteiger charge is -2.14. The van der Waals surface area contributed by atoms with Crippen molar-refractivity contribution < 1.29 is 14.3 Å². The minimum absolute atomic E-state index is 0.0593. The molecule has 0 bridgehead atoms. The molecule has 0 spiro atoms. The highest BCUT2D eigenvalue weighted by atomic mass is 19.1. The number of hydrogen-bond donors (Lipinski definition) is 2. The minimum Gasteiger partial charge on any atom is -0.357 e. The van der Waals surface area contributed by atoms with E-state index in [1.807, 2.05) is 24.3 Å². The summed E-state index contributed by atoms with van der Waals surface area (Å²) in [4.78, 5) is 4.80. The molecule has 126 valence electrons. The molecule has 1 aliphatic heterocycles. The largest absolute Gasteiger partial charge is 0.357 e. The molecule has 0 amide bonds. The summed E-state index contributed by atoms with van der Waals surface area (Å²) in [6.45, 7) is 2.60. The molecule has 0 radical (unpaired) electrons. The summed E-state index contributed by atoms with van der Waals surface area (Å²) >= 11 is 0. The van der Waals surface area contributed by atoms with E-state index in [4.69, 9.17) is 4.84 Å². The summed E-state index contributed by atoms with van der Waals surface area (Å²) in [7, 11) is 0. The Hall–Kier alpha value is -2.24. The first-order chi connectivity index (χ1) is 11.6. The molecule has 0 saturated carbocycles. The predicted molar refractivity (Wildman–Crippen MR) is 91.3 cm³/mol. The number of hydrogen-bond acceptors (Lipinski definition) is 4. The number of nitrogens with one attached hydrogen (secondary N) is 1. The SMILES string of the molecule is Cc1ccc(CNCc2cccc(C3=NOC(O)(CF)C3)c2)cc1. The molecule has 1 aliphatic rings. The second kappa shape index (κ2) is 7.11. The molecular weight excluding hydrogens is 307 g/mol. The van der Waals surface area contributed by atoms with E-state index in [0.717, 1.165) is 17.7 Å². The van der Waals surface area contributed by atoms with Gasteiger partial charge in [0.2, 0.25) is 0 Å². The third kappa shape index (κ3) is 3.99. The Morgan fingerprint density at radius 3 is 2.62 bits per heavy atom. The Morgan fingerprint density at radius 1 is 1.17 bits per heavy atom. The first-order valence-electron chi connectivity index (χ1n) is 7.97. The lowest BCUT2D eigenvalue weighted by molar-refractivity contribution is -0.193. The van der Waals surface area contributed by atoms with Gasteiger partial charge in [0.25, 0.3) is 5.79 Å². The van der Waals surface area contributed by atoms with Crippen LogP contribution in [-0.2, 0) is 17.9 Å². The third-order valence-electron chi connectivity index (χ3n) is 4.02. The van der Waals surface area contributed by atoms with E-state index < -0.39 is 12.5 Å². The molecule has 0 saturated heterocycles. The molecule has 2 aromatic carbocycles. The lowest BCUT2D eigenvalue weighted by Crippen LogP contribution is -2.31. The summed E-state index contributed by atoms with van der Waals surface area (Å²) in [5.41, 5.74) is 4.99. The Kier molecular flexibility index (Phi) is 4.92. The van der Waals surface area contributed by atoms with Gasteiger partial charge in [-0.3, -0.25) is 0 Å². The molecule has 5 heteroatoms. The van der Waals surface area contributed by atoms with E-state index in [1.165, 1.54) is 11.1 Å². The van der Waals surface area contributed by atoms with Crippen LogP contribution >= 0.6 is 0 Å². The van der Waals surface area contributed by atoms with Gasteiger partial charge in [0.15, 0.2) is 6.67 Å². The van der Waals surface area contributed by atoms with E-state index in [1.54, 1.807) is 0 Å². The highest BCUT2D eigenvalue weighted by Gasteiger charge is 2.37. The predicted octanol–water partition coefficient (Wildman–Crippen LogP) is 3.07. The van der Waals surface area contributed by atoms with Crippen molar-refractivity contribution in [2.75, 3.05) is 6.67 Å². The molecule has 24 heavy (non-hydrogen) atoms. The van der Waals surface area contributed by atoms with E-state index in [9.17, 15) is 9.50 Å². The number of aliphatic hydroxyl groups is 1. The molecule has 0 aromatic heterocycles. The van der Waals surface area contributed by atoms with E-state index in [-0.39, 0.29) is 6.42 Å². The smallest absolute Gasteiger partial charge is 0.268 e. The van der Waals surface area contributed by atoms with Crippen LogP contribution in [0.2, 0.25) is 0 Å². The topological polar surface area (TPSA) is 53.9 Å². The van der Waals surface area contributed by atoms with Gasteiger partial charge in [0.1, 0.15) is 0 Å². The molecule has 0 fully saturated rings. The Bertz CT molecular complexity index is 730. The second-order valence-corrected chi connectivity index (χ2v) is 6.18. The Labute approximate surface area is 141 Å². The average molecular weight is 328 g/mol. The highest BCUT2D eigenvalue weighted by molar-refractivity contribution is 6.01. The number of aryl methyl sites for hydroxylation is 1. The van der Waals surface area contributed by atoms with Gasteiger partial charge in [0.05, 0.1) is 12.1 Å². The maximum atomic E-state index is 12.7. The van der Waals surface area contributed by atoms with Crippen LogP contribution in [0.15, 0.2) is 53.7 Å². The number of nitrogens with zero attached hydrogens (tertiary/aromatic N) is 1. The summed E-state index contributed by atoms with van der Waals surface area (Å²) in [5.74, 6) is -1.81. The molecule has 1 heterocycles. The van der Waals surface area contributed by atoms with Crippen LogP contribution in [0, 0.1) is 6.92 Å². The first-order valence-corrected chi connectivity index (χ1v) is 7.97. The first kappa shape index (κ1) is 16.6. The number of oxime groups is 1. The standard InChI is InChI=1S/C19H21FN2O2/c1-14-5-7-15(8-6-14)11-21-12-16-3-2-4-17(9-16)18-10-19(23,13-20)24-22-18/h2-9,21,23H,10-13H2,1H3. The van der Waals surface area contributed by atoms with Crippen LogP contribution in [0.5, 0.6) is 0 Å². The van der Waals surface area contributed by atoms with Crippen molar-refractivity contribution in [3.63, 3.8) is 0 Å². The average Bonchev–Trinajstić information content (AvgIpc) is 3.00. The lowest BCUT2D eigenvalue weighted by atomic mass is 10.0. The maximum Gasteiger partial charge on any atom is 0.268 e. The number of halogens is 1. The number of benzene rings is 2. The van der Waals surface area contributed by atoms with Crippen molar-refractivity contribution in [3.05, 3.63) is 70.8 Å². The minimum atomic E-state index is -1.81. The van der Waals surface area contributed by atoms with Crippen LogP contribution < -0.4 is 5.32 Å². The van der Waals surface area contributed by atoms with Crippen molar-refractivity contribution in [1.82, 2.24) is 5.32 Å². The van der Waals surface area contributed by atoms with Crippen molar-refractivity contribution in [2.24, 2.45) is 5.16 Å². The molecule has 1 unspecified atom stereocenters. The molecule has 2 aromatic rings. The second-order valence-electron chi connectivity index (χ2n) is 6.18. The van der Waals surface area contributed by atoms with Gasteiger partial charge in [-0.1, -0.05) is 53.2 Å². The zero-order chi connectivity index (χ0) is 17.0. The van der Waals surface area contributed by atoms with Gasteiger partial charge in [-0.2, -0.15) is 0 Å². The molecule has 0 aliphatic carbocycles. The molecule has 2 N–H and O–H groups in total. The van der Waals surface area contributed by atoms with Crippen LogP contribution in [0.25, 0.3) is 0 Å². The fourth-order valence-electron chi connectivity index (χ4n) is 2.61. The van der Waals surface area contributed by atoms with Crippen molar-refractivity contribution in [3.8, 4) is 0 Å². The zero-order valence-electron chi connectivity index (χ0n) is 13.6. The van der Waals surface area contributed by atoms with Crippen molar-refractivity contribution in [1.29, 1.82) is 0 Å². The molecule has 1 atom stereocenters. The molecule has 4 nitrogen and oxygen atoms in total. The Balaban J connectivity index is 1.59. The molecule has 3 rings (SSSR count). The van der Waals surface area contributed by atoms with Gasteiger partial charge >= 0.3 is 0 Å². The van der Waals surface area contributed by atoms with Gasteiger partial charge in [0, 0.05) is 13.1 Å². The van der Waals surface area contributed by atoms with Gasteiger partial charge in [-0.25, -0.2) is 4.39 Å². The monoisotopic (exact) mass is 328 g/mol. The van der Waals surface area contributed by atoms with E-state index in [2.05, 4.69) is 41.7 Å². The van der Waals surface area contributed by atoms with Gasteiger partial charge in [-0.15, -0.1) is 0 Å². The van der Waals surface area contributed by atoms with Crippen LogP contribution in [0.1, 0.15) is 28.7 Å². The highest BCUT2D eigenvalue weighted by Crippen LogP contribution is 2.25. The van der Waals surface area contributed by atoms with Gasteiger partial charge in [-0.05, 0) is 29.7 Å². The van der Waals surface area contributed by atoms with Crippen LogP contribution in [-0.4, -0.2) is 23.3 Å². The quantitative estimate of drug-likeness (QED) is 0.857. The van der Waals surface area contributed by atoms with E-state index in [0.29, 0.717) is 12.3 Å². The summed E-state index contributed by atoms with van der Waals surface area (Å²) in [6, 6.07) is 16.2. The van der Waals surface area contributed by atoms with Crippen molar-refractivity contribution in [2.45, 2.75) is 32.2 Å². The van der Waals surface area contributed by atoms with Crippen molar-refractivity contribution >= 4 is 5.71 Å². The normalized spacial score (nSPS) is 19.9. The summed E-state index contributed by atoms with van der Waals surface area (Å²) < 4.78 is 12.7. The summed E-state index contributed by atoms with van der Waals surface area (Å²) in [5, 5.41) is 17.0. The van der Waals surface area contributed by atoms with Crippen LogP contribution in [0.4, 0.5) is 4.39 Å². The summed E-state index contributed by atoms with van der Waals surface area (Å²) in [6.07, 6.45) is 0.0593. The molecular formula is C19H21FN2O2. The van der Waals surface area contributed by atoms with Crippen LogP contribution in [0.3, 0.4) is 0 Å². The van der Waals surface area contributed by atoms with E-state index >= 15 is 0 Å². The number of rotatable bonds is 6. The third-order valence-corrected chi connectivity index (χ3v) is 4.02. The fraction of sp³-hybridized carbons (Fsp3) is 0.316. The zero-order valence-corrected chi connectivity index (χ0v) is 13.6. The number of alkyl halides is 1. The maximum absolute atomic E-state index is 12.7.